The Hall–Kier alpha value is -0.480. The number of nitrogens with two attached hydrogens (primary N) is 2. The summed E-state index contributed by atoms with van der Waals surface area (Å²) in [6, 6.07) is 0.403. The standard InChI is InChI=1S/C7H16N4.ClH/c8-7(11-9)10-6-4-2-1-3-5-6;/h6H,1-5,9H2,(H3,8,10,11);1H. The smallest absolute Gasteiger partial charge is 0.203 e. The lowest BCUT2D eigenvalue weighted by Gasteiger charge is -2.17. The van der Waals surface area contributed by atoms with Gasteiger partial charge in [-0.1, -0.05) is 19.3 Å². The van der Waals surface area contributed by atoms with E-state index in [1.807, 2.05) is 0 Å². The van der Waals surface area contributed by atoms with Crippen LogP contribution in [0.1, 0.15) is 32.1 Å². The van der Waals surface area contributed by atoms with Gasteiger partial charge >= 0.3 is 0 Å². The van der Waals surface area contributed by atoms with Gasteiger partial charge in [0.25, 0.3) is 0 Å². The van der Waals surface area contributed by atoms with Crippen LogP contribution in [0.25, 0.3) is 0 Å². The first-order chi connectivity index (χ1) is 5.33. The van der Waals surface area contributed by atoms with Crippen molar-refractivity contribution in [1.29, 1.82) is 0 Å². The van der Waals surface area contributed by atoms with Crippen molar-refractivity contribution in [2.45, 2.75) is 38.1 Å². The van der Waals surface area contributed by atoms with E-state index in [1.54, 1.807) is 0 Å². The number of nitrogens with one attached hydrogen (secondary N) is 1. The summed E-state index contributed by atoms with van der Waals surface area (Å²) in [6.45, 7) is 0. The fourth-order valence-electron chi connectivity index (χ4n) is 1.44. The van der Waals surface area contributed by atoms with E-state index < -0.39 is 0 Å². The molecule has 1 aliphatic rings. The Bertz CT molecular complexity index is 142. The summed E-state index contributed by atoms with van der Waals surface area (Å²) < 4.78 is 0. The topological polar surface area (TPSA) is 76.4 Å². The summed E-state index contributed by atoms with van der Waals surface area (Å²) in [5, 5.41) is 0. The molecule has 0 radical (unpaired) electrons. The largest absolute Gasteiger partial charge is 0.369 e. The van der Waals surface area contributed by atoms with Crippen LogP contribution in [0.4, 0.5) is 0 Å². The number of aliphatic imine (C=N–C) groups is 1. The van der Waals surface area contributed by atoms with Crippen LogP contribution in [0.15, 0.2) is 4.99 Å². The van der Waals surface area contributed by atoms with E-state index in [0.29, 0.717) is 12.0 Å². The number of guanidine groups is 1. The number of hydrazine groups is 1. The summed E-state index contributed by atoms with van der Waals surface area (Å²) in [7, 11) is 0. The highest BCUT2D eigenvalue weighted by Crippen LogP contribution is 2.19. The number of hydrogen-bond acceptors (Lipinski definition) is 2. The molecule has 0 aromatic rings. The second-order valence-electron chi connectivity index (χ2n) is 2.95. The SMILES string of the molecule is Cl.NNC(N)=NC1CCCCC1. The Balaban J connectivity index is 0.00000121. The molecule has 4 nitrogen and oxygen atoms in total. The number of halogens is 1. The second-order valence-corrected chi connectivity index (χ2v) is 2.95. The minimum Gasteiger partial charge on any atom is -0.369 e. The predicted octanol–water partition coefficient (Wildman–Crippen LogP) is 0.519. The van der Waals surface area contributed by atoms with Crippen LogP contribution < -0.4 is 17.0 Å². The summed E-state index contributed by atoms with van der Waals surface area (Å²) >= 11 is 0. The lowest BCUT2D eigenvalue weighted by molar-refractivity contribution is 0.442. The molecule has 1 aliphatic carbocycles. The fourth-order valence-corrected chi connectivity index (χ4v) is 1.44. The molecule has 5 N–H and O–H groups in total. The van der Waals surface area contributed by atoms with Gasteiger partial charge in [-0.25, -0.2) is 10.8 Å². The van der Waals surface area contributed by atoms with Crippen molar-refractivity contribution < 1.29 is 0 Å². The van der Waals surface area contributed by atoms with Crippen molar-refractivity contribution in [2.75, 3.05) is 0 Å². The highest BCUT2D eigenvalue weighted by molar-refractivity contribution is 5.85. The molecule has 12 heavy (non-hydrogen) atoms. The lowest BCUT2D eigenvalue weighted by atomic mass is 9.96. The van der Waals surface area contributed by atoms with Crippen LogP contribution in [0.3, 0.4) is 0 Å². The number of hydrogen-bond donors (Lipinski definition) is 3. The van der Waals surface area contributed by atoms with Crippen LogP contribution in [0.5, 0.6) is 0 Å². The van der Waals surface area contributed by atoms with Crippen LogP contribution in [-0.4, -0.2) is 12.0 Å². The van der Waals surface area contributed by atoms with Crippen LogP contribution in [0.2, 0.25) is 0 Å². The molecular formula is C7H17ClN4. The van der Waals surface area contributed by atoms with E-state index in [1.165, 1.54) is 19.3 Å². The molecular weight excluding hydrogens is 176 g/mol. The van der Waals surface area contributed by atoms with Gasteiger partial charge in [0.1, 0.15) is 0 Å². The van der Waals surface area contributed by atoms with Gasteiger partial charge in [0, 0.05) is 0 Å². The van der Waals surface area contributed by atoms with Gasteiger partial charge in [-0.3, -0.25) is 5.43 Å². The van der Waals surface area contributed by atoms with Gasteiger partial charge < -0.3 is 5.73 Å². The van der Waals surface area contributed by atoms with E-state index in [0.717, 1.165) is 12.8 Å². The second kappa shape index (κ2) is 6.08. The monoisotopic (exact) mass is 192 g/mol. The van der Waals surface area contributed by atoms with Gasteiger partial charge in [-0.15, -0.1) is 12.4 Å². The summed E-state index contributed by atoms with van der Waals surface area (Å²) in [4.78, 5) is 4.21. The first-order valence-corrected chi connectivity index (χ1v) is 4.13. The van der Waals surface area contributed by atoms with Gasteiger partial charge in [0.05, 0.1) is 6.04 Å². The quantitative estimate of drug-likeness (QED) is 0.245. The van der Waals surface area contributed by atoms with E-state index in [4.69, 9.17) is 11.6 Å². The summed E-state index contributed by atoms with van der Waals surface area (Å²) in [5.74, 6) is 5.44. The summed E-state index contributed by atoms with van der Waals surface area (Å²) in [5.41, 5.74) is 7.76. The van der Waals surface area contributed by atoms with Gasteiger partial charge in [-0.2, -0.15) is 0 Å². The fraction of sp³-hybridized carbons (Fsp3) is 0.857. The van der Waals surface area contributed by atoms with E-state index in [9.17, 15) is 0 Å². The van der Waals surface area contributed by atoms with Gasteiger partial charge in [0.15, 0.2) is 0 Å². The third-order valence-corrected chi connectivity index (χ3v) is 2.04. The van der Waals surface area contributed by atoms with E-state index >= 15 is 0 Å². The average Bonchev–Trinajstić information content (AvgIpc) is 2.06. The molecule has 1 fully saturated rings. The Kier molecular flexibility index (Phi) is 5.84. The normalized spacial score (nSPS) is 19.9. The lowest BCUT2D eigenvalue weighted by Crippen LogP contribution is -2.38. The average molecular weight is 193 g/mol. The van der Waals surface area contributed by atoms with Crippen molar-refractivity contribution >= 4 is 18.4 Å². The Labute approximate surface area is 79.2 Å². The predicted molar refractivity (Wildman–Crippen MR) is 53.1 cm³/mol. The molecule has 0 atom stereocenters. The first kappa shape index (κ1) is 11.5. The Morgan fingerprint density at radius 1 is 1.25 bits per heavy atom. The highest BCUT2D eigenvalue weighted by Gasteiger charge is 2.11. The zero-order valence-corrected chi connectivity index (χ0v) is 7.94. The maximum atomic E-state index is 5.42. The van der Waals surface area contributed by atoms with Crippen LogP contribution >= 0.6 is 12.4 Å². The molecule has 1 saturated carbocycles. The number of nitrogens with zero attached hydrogens (tertiary/aromatic N) is 1. The molecule has 0 unspecified atom stereocenters. The molecule has 5 heteroatoms. The zero-order valence-electron chi connectivity index (χ0n) is 7.12. The molecule has 0 aromatic heterocycles. The maximum Gasteiger partial charge on any atom is 0.203 e. The minimum atomic E-state index is 0. The van der Waals surface area contributed by atoms with E-state index in [-0.39, 0.29) is 12.4 Å². The van der Waals surface area contributed by atoms with Gasteiger partial charge in [-0.05, 0) is 12.8 Å². The molecule has 0 amide bonds. The van der Waals surface area contributed by atoms with Gasteiger partial charge in [0.2, 0.25) is 5.96 Å². The third-order valence-electron chi connectivity index (χ3n) is 2.04. The molecule has 0 heterocycles. The van der Waals surface area contributed by atoms with Crippen LogP contribution in [-0.2, 0) is 0 Å². The molecule has 0 aromatic carbocycles. The summed E-state index contributed by atoms with van der Waals surface area (Å²) in [6.07, 6.45) is 6.19. The molecule has 0 saturated heterocycles. The minimum absolute atomic E-state index is 0. The highest BCUT2D eigenvalue weighted by atomic mass is 35.5. The van der Waals surface area contributed by atoms with Crippen molar-refractivity contribution in [1.82, 2.24) is 5.43 Å². The Morgan fingerprint density at radius 2 is 1.83 bits per heavy atom. The first-order valence-electron chi connectivity index (χ1n) is 4.13. The van der Waals surface area contributed by atoms with Crippen LogP contribution in [0, 0.1) is 0 Å². The van der Waals surface area contributed by atoms with Crippen molar-refractivity contribution in [3.8, 4) is 0 Å². The maximum absolute atomic E-state index is 5.42. The van der Waals surface area contributed by atoms with Crippen molar-refractivity contribution in [3.05, 3.63) is 0 Å². The zero-order chi connectivity index (χ0) is 8.10. The molecule has 0 bridgehead atoms. The van der Waals surface area contributed by atoms with Crippen molar-refractivity contribution in [3.63, 3.8) is 0 Å². The molecule has 72 valence electrons. The molecule has 0 spiro atoms. The Morgan fingerprint density at radius 3 is 2.33 bits per heavy atom. The third kappa shape index (κ3) is 3.78. The molecule has 1 rings (SSSR count). The van der Waals surface area contributed by atoms with Crippen molar-refractivity contribution in [2.24, 2.45) is 16.6 Å². The van der Waals surface area contributed by atoms with E-state index in [2.05, 4.69) is 10.4 Å². The molecule has 0 aliphatic heterocycles. The number of rotatable bonds is 1.